The molecule has 96 valence electrons. The molecule has 3 nitrogen and oxygen atoms in total. The Bertz CT molecular complexity index is 326. The first-order chi connectivity index (χ1) is 8.13. The van der Waals surface area contributed by atoms with Crippen LogP contribution in [0.25, 0.3) is 0 Å². The third-order valence-electron chi connectivity index (χ3n) is 2.56. The molecule has 0 aromatic carbocycles. The smallest absolute Gasteiger partial charge is 0.218 e. The third-order valence-corrected chi connectivity index (χ3v) is 2.56. The van der Waals surface area contributed by atoms with Crippen LogP contribution in [0.1, 0.15) is 46.1 Å². The maximum atomic E-state index is 5.69. The Balaban J connectivity index is 2.57. The zero-order valence-corrected chi connectivity index (χ0v) is 11.4. The standard InChI is InChI=1S/C14H24N2O/c1-5-7-12(4)16-10-13-8-6-9-15-14(13)17-11(2)3/h6,8-9,11-12,16H,5,7,10H2,1-4H3. The van der Waals surface area contributed by atoms with Gasteiger partial charge in [-0.25, -0.2) is 4.98 Å². The molecule has 0 aliphatic carbocycles. The average Bonchev–Trinajstić information content (AvgIpc) is 2.27. The summed E-state index contributed by atoms with van der Waals surface area (Å²) in [6.07, 6.45) is 4.34. The molecule has 0 aliphatic heterocycles. The van der Waals surface area contributed by atoms with Gasteiger partial charge in [0.2, 0.25) is 5.88 Å². The van der Waals surface area contributed by atoms with Crippen molar-refractivity contribution in [3.05, 3.63) is 23.9 Å². The van der Waals surface area contributed by atoms with Crippen LogP contribution in [-0.4, -0.2) is 17.1 Å². The molecule has 0 spiro atoms. The maximum absolute atomic E-state index is 5.69. The van der Waals surface area contributed by atoms with Gasteiger partial charge in [0, 0.05) is 24.3 Å². The molecule has 0 radical (unpaired) electrons. The van der Waals surface area contributed by atoms with E-state index in [1.165, 1.54) is 12.8 Å². The number of hydrogen-bond acceptors (Lipinski definition) is 3. The highest BCUT2D eigenvalue weighted by Gasteiger charge is 2.07. The lowest BCUT2D eigenvalue weighted by atomic mass is 10.2. The number of hydrogen-bond donors (Lipinski definition) is 1. The highest BCUT2D eigenvalue weighted by atomic mass is 16.5. The van der Waals surface area contributed by atoms with Crippen LogP contribution in [0.15, 0.2) is 18.3 Å². The lowest BCUT2D eigenvalue weighted by Gasteiger charge is -2.16. The largest absolute Gasteiger partial charge is 0.475 e. The van der Waals surface area contributed by atoms with E-state index in [0.29, 0.717) is 6.04 Å². The van der Waals surface area contributed by atoms with Crippen molar-refractivity contribution in [1.29, 1.82) is 0 Å². The predicted molar refractivity (Wildman–Crippen MR) is 71.2 cm³/mol. The molecular weight excluding hydrogens is 212 g/mol. The lowest BCUT2D eigenvalue weighted by molar-refractivity contribution is 0.229. The van der Waals surface area contributed by atoms with E-state index < -0.39 is 0 Å². The zero-order valence-electron chi connectivity index (χ0n) is 11.4. The van der Waals surface area contributed by atoms with Gasteiger partial charge in [0.1, 0.15) is 0 Å². The first kappa shape index (κ1) is 14.0. The van der Waals surface area contributed by atoms with Gasteiger partial charge in [-0.05, 0) is 33.3 Å². The van der Waals surface area contributed by atoms with E-state index in [2.05, 4.69) is 30.2 Å². The lowest BCUT2D eigenvalue weighted by Crippen LogP contribution is -2.25. The topological polar surface area (TPSA) is 34.2 Å². The van der Waals surface area contributed by atoms with Crippen LogP contribution in [0.4, 0.5) is 0 Å². The number of pyridine rings is 1. The number of aromatic nitrogens is 1. The Labute approximate surface area is 105 Å². The second-order valence-corrected chi connectivity index (χ2v) is 4.70. The van der Waals surface area contributed by atoms with Crippen molar-refractivity contribution in [3.8, 4) is 5.88 Å². The van der Waals surface area contributed by atoms with Crippen LogP contribution < -0.4 is 10.1 Å². The average molecular weight is 236 g/mol. The Kier molecular flexibility index (Phi) is 5.98. The van der Waals surface area contributed by atoms with E-state index in [9.17, 15) is 0 Å². The summed E-state index contributed by atoms with van der Waals surface area (Å²) >= 11 is 0. The van der Waals surface area contributed by atoms with Gasteiger partial charge in [-0.2, -0.15) is 0 Å². The Morgan fingerprint density at radius 1 is 1.35 bits per heavy atom. The van der Waals surface area contributed by atoms with Crippen molar-refractivity contribution >= 4 is 0 Å². The second kappa shape index (κ2) is 7.28. The summed E-state index contributed by atoms with van der Waals surface area (Å²) in [5, 5.41) is 3.49. The predicted octanol–water partition coefficient (Wildman–Crippen LogP) is 3.15. The molecule has 0 saturated carbocycles. The SMILES string of the molecule is CCCC(C)NCc1cccnc1OC(C)C. The van der Waals surface area contributed by atoms with Gasteiger partial charge >= 0.3 is 0 Å². The quantitative estimate of drug-likeness (QED) is 0.789. The van der Waals surface area contributed by atoms with Gasteiger partial charge in [0.25, 0.3) is 0 Å². The number of rotatable bonds is 7. The molecule has 0 saturated heterocycles. The Morgan fingerprint density at radius 3 is 2.76 bits per heavy atom. The first-order valence-electron chi connectivity index (χ1n) is 6.47. The second-order valence-electron chi connectivity index (χ2n) is 4.70. The molecular formula is C14H24N2O. The molecule has 1 aromatic heterocycles. The van der Waals surface area contributed by atoms with Crippen molar-refractivity contribution in [3.63, 3.8) is 0 Å². The monoisotopic (exact) mass is 236 g/mol. The van der Waals surface area contributed by atoms with E-state index in [-0.39, 0.29) is 6.10 Å². The van der Waals surface area contributed by atoms with Crippen molar-refractivity contribution in [1.82, 2.24) is 10.3 Å². The normalized spacial score (nSPS) is 12.8. The molecule has 1 heterocycles. The van der Waals surface area contributed by atoms with Gasteiger partial charge < -0.3 is 10.1 Å². The van der Waals surface area contributed by atoms with Crippen LogP contribution >= 0.6 is 0 Å². The molecule has 0 bridgehead atoms. The zero-order chi connectivity index (χ0) is 12.7. The van der Waals surface area contributed by atoms with Crippen molar-refractivity contribution in [2.45, 2.75) is 59.2 Å². The third kappa shape index (κ3) is 5.18. The van der Waals surface area contributed by atoms with E-state index in [1.807, 2.05) is 19.9 Å². The Hall–Kier alpha value is -1.09. The molecule has 1 atom stereocenters. The van der Waals surface area contributed by atoms with Gasteiger partial charge in [0.15, 0.2) is 0 Å². The van der Waals surface area contributed by atoms with E-state index in [4.69, 9.17) is 4.74 Å². The van der Waals surface area contributed by atoms with Gasteiger partial charge in [-0.1, -0.05) is 19.4 Å². The van der Waals surface area contributed by atoms with Crippen LogP contribution in [0, 0.1) is 0 Å². The van der Waals surface area contributed by atoms with Crippen LogP contribution in [0.2, 0.25) is 0 Å². The summed E-state index contributed by atoms with van der Waals surface area (Å²) in [4.78, 5) is 4.28. The molecule has 0 amide bonds. The van der Waals surface area contributed by atoms with E-state index in [1.54, 1.807) is 6.20 Å². The fraction of sp³-hybridized carbons (Fsp3) is 0.643. The summed E-state index contributed by atoms with van der Waals surface area (Å²) in [6, 6.07) is 4.55. The van der Waals surface area contributed by atoms with Gasteiger partial charge in [-0.3, -0.25) is 0 Å². The van der Waals surface area contributed by atoms with Gasteiger partial charge in [0.05, 0.1) is 6.10 Å². The van der Waals surface area contributed by atoms with Crippen LogP contribution in [0.3, 0.4) is 0 Å². The highest BCUT2D eigenvalue weighted by molar-refractivity contribution is 5.25. The molecule has 1 rings (SSSR count). The minimum Gasteiger partial charge on any atom is -0.475 e. The minimum absolute atomic E-state index is 0.164. The molecule has 3 heteroatoms. The highest BCUT2D eigenvalue weighted by Crippen LogP contribution is 2.15. The van der Waals surface area contributed by atoms with E-state index in [0.717, 1.165) is 18.0 Å². The van der Waals surface area contributed by atoms with Crippen molar-refractivity contribution in [2.24, 2.45) is 0 Å². The summed E-state index contributed by atoms with van der Waals surface area (Å²) in [5.74, 6) is 0.749. The molecule has 0 fully saturated rings. The molecule has 1 unspecified atom stereocenters. The number of nitrogens with one attached hydrogen (secondary N) is 1. The summed E-state index contributed by atoms with van der Waals surface area (Å²) in [5.41, 5.74) is 1.13. The van der Waals surface area contributed by atoms with Crippen LogP contribution in [0.5, 0.6) is 5.88 Å². The fourth-order valence-corrected chi connectivity index (χ4v) is 1.71. The molecule has 1 N–H and O–H groups in total. The fourth-order valence-electron chi connectivity index (χ4n) is 1.71. The minimum atomic E-state index is 0.164. The summed E-state index contributed by atoms with van der Waals surface area (Å²) in [7, 11) is 0. The summed E-state index contributed by atoms with van der Waals surface area (Å²) < 4.78 is 5.69. The van der Waals surface area contributed by atoms with Crippen LogP contribution in [-0.2, 0) is 6.54 Å². The molecule has 17 heavy (non-hydrogen) atoms. The molecule has 1 aromatic rings. The first-order valence-corrected chi connectivity index (χ1v) is 6.47. The van der Waals surface area contributed by atoms with Gasteiger partial charge in [-0.15, -0.1) is 0 Å². The summed E-state index contributed by atoms with van der Waals surface area (Å²) in [6.45, 7) is 9.27. The number of ether oxygens (including phenoxy) is 1. The Morgan fingerprint density at radius 2 is 2.12 bits per heavy atom. The molecule has 0 aliphatic rings. The number of nitrogens with zero attached hydrogens (tertiary/aromatic N) is 1. The maximum Gasteiger partial charge on any atom is 0.218 e. The van der Waals surface area contributed by atoms with E-state index >= 15 is 0 Å². The van der Waals surface area contributed by atoms with Crippen molar-refractivity contribution in [2.75, 3.05) is 0 Å². The van der Waals surface area contributed by atoms with Crippen molar-refractivity contribution < 1.29 is 4.74 Å².